The SMILES string of the molecule is CC(C)N1C(=O)N(CC2CCCO2)C(O)(c2ccc(C(=O)O)cc2)C1=O. The molecule has 2 atom stereocenters. The van der Waals surface area contributed by atoms with Crippen LogP contribution in [0, 0.1) is 0 Å². The molecule has 2 fully saturated rings. The standard InChI is InChI=1S/C18H22N2O6/c1-11(2)20-16(23)18(25,13-7-5-12(6-8-13)15(21)22)19(17(20)24)10-14-4-3-9-26-14/h5-8,11,14,25H,3-4,9-10H2,1-2H3,(H,21,22). The van der Waals surface area contributed by atoms with Crippen molar-refractivity contribution in [2.24, 2.45) is 0 Å². The first-order valence-corrected chi connectivity index (χ1v) is 8.60. The molecule has 1 aromatic carbocycles. The molecule has 3 amide bonds. The zero-order chi connectivity index (χ0) is 19.1. The van der Waals surface area contributed by atoms with Gasteiger partial charge in [-0.2, -0.15) is 0 Å². The molecule has 1 aromatic rings. The summed E-state index contributed by atoms with van der Waals surface area (Å²) >= 11 is 0. The Labute approximate surface area is 151 Å². The van der Waals surface area contributed by atoms with E-state index in [1.807, 2.05) is 0 Å². The van der Waals surface area contributed by atoms with Gasteiger partial charge in [0.05, 0.1) is 18.2 Å². The number of carboxylic acids is 1. The second-order valence-corrected chi connectivity index (χ2v) is 6.85. The molecule has 0 saturated carbocycles. The molecular weight excluding hydrogens is 340 g/mol. The van der Waals surface area contributed by atoms with Gasteiger partial charge in [-0.05, 0) is 38.8 Å². The van der Waals surface area contributed by atoms with Crippen molar-refractivity contribution in [3.63, 3.8) is 0 Å². The minimum Gasteiger partial charge on any atom is -0.478 e. The molecule has 8 heteroatoms. The number of aliphatic hydroxyl groups is 1. The fourth-order valence-corrected chi connectivity index (χ4v) is 3.42. The van der Waals surface area contributed by atoms with Gasteiger partial charge in [-0.15, -0.1) is 0 Å². The summed E-state index contributed by atoms with van der Waals surface area (Å²) in [5, 5.41) is 20.3. The molecule has 2 heterocycles. The summed E-state index contributed by atoms with van der Waals surface area (Å²) in [7, 11) is 0. The number of hydrogen-bond acceptors (Lipinski definition) is 5. The molecule has 0 radical (unpaired) electrons. The van der Waals surface area contributed by atoms with Crippen LogP contribution >= 0.6 is 0 Å². The monoisotopic (exact) mass is 362 g/mol. The van der Waals surface area contributed by atoms with Crippen LogP contribution in [0.1, 0.15) is 42.6 Å². The minimum atomic E-state index is -2.18. The van der Waals surface area contributed by atoms with Gasteiger partial charge in [0.1, 0.15) is 0 Å². The van der Waals surface area contributed by atoms with Crippen LogP contribution in [0.25, 0.3) is 0 Å². The number of amides is 3. The number of nitrogens with zero attached hydrogens (tertiary/aromatic N) is 2. The van der Waals surface area contributed by atoms with Gasteiger partial charge in [-0.25, -0.2) is 9.59 Å². The van der Waals surface area contributed by atoms with Gasteiger partial charge in [0.25, 0.3) is 11.6 Å². The van der Waals surface area contributed by atoms with Crippen molar-refractivity contribution in [3.05, 3.63) is 35.4 Å². The van der Waals surface area contributed by atoms with E-state index in [0.717, 1.165) is 22.6 Å². The summed E-state index contributed by atoms with van der Waals surface area (Å²) in [4.78, 5) is 39.0. The van der Waals surface area contributed by atoms with Gasteiger partial charge in [0.15, 0.2) is 0 Å². The molecule has 0 aliphatic carbocycles. The molecular formula is C18H22N2O6. The summed E-state index contributed by atoms with van der Waals surface area (Å²) < 4.78 is 5.56. The highest BCUT2D eigenvalue weighted by Crippen LogP contribution is 2.37. The van der Waals surface area contributed by atoms with Crippen LogP contribution in [0.2, 0.25) is 0 Å². The summed E-state index contributed by atoms with van der Waals surface area (Å²) in [5.41, 5.74) is -1.99. The number of ether oxygens (including phenoxy) is 1. The highest BCUT2D eigenvalue weighted by atomic mass is 16.5. The van der Waals surface area contributed by atoms with E-state index in [1.165, 1.54) is 24.3 Å². The predicted molar refractivity (Wildman–Crippen MR) is 90.4 cm³/mol. The normalized spacial score (nSPS) is 26.2. The van der Waals surface area contributed by atoms with Gasteiger partial charge in [0, 0.05) is 18.2 Å². The Morgan fingerprint density at radius 1 is 1.31 bits per heavy atom. The third-order valence-electron chi connectivity index (χ3n) is 4.81. The van der Waals surface area contributed by atoms with Crippen molar-refractivity contribution in [1.82, 2.24) is 9.80 Å². The summed E-state index contributed by atoms with van der Waals surface area (Å²) in [6.07, 6.45) is 1.36. The molecule has 2 N–H and O–H groups in total. The largest absolute Gasteiger partial charge is 0.478 e. The average molecular weight is 362 g/mol. The quantitative estimate of drug-likeness (QED) is 0.767. The van der Waals surface area contributed by atoms with Gasteiger partial charge in [0.2, 0.25) is 0 Å². The maximum Gasteiger partial charge on any atom is 0.335 e. The van der Waals surface area contributed by atoms with E-state index >= 15 is 0 Å². The molecule has 0 bridgehead atoms. The van der Waals surface area contributed by atoms with E-state index in [2.05, 4.69) is 0 Å². The number of carbonyl (C=O) groups excluding carboxylic acids is 2. The molecule has 0 spiro atoms. The third-order valence-corrected chi connectivity index (χ3v) is 4.81. The lowest BCUT2D eigenvalue weighted by atomic mass is 9.99. The van der Waals surface area contributed by atoms with Gasteiger partial charge >= 0.3 is 12.0 Å². The second-order valence-electron chi connectivity index (χ2n) is 6.85. The smallest absolute Gasteiger partial charge is 0.335 e. The lowest BCUT2D eigenvalue weighted by Gasteiger charge is -2.32. The fourth-order valence-electron chi connectivity index (χ4n) is 3.42. The van der Waals surface area contributed by atoms with Crippen molar-refractivity contribution >= 4 is 17.9 Å². The topological polar surface area (TPSA) is 107 Å². The molecule has 2 aliphatic heterocycles. The Morgan fingerprint density at radius 2 is 1.96 bits per heavy atom. The number of aromatic carboxylic acids is 1. The fraction of sp³-hybridized carbons (Fsp3) is 0.500. The number of urea groups is 1. The van der Waals surface area contributed by atoms with Crippen molar-refractivity contribution in [2.75, 3.05) is 13.2 Å². The van der Waals surface area contributed by atoms with Crippen LogP contribution < -0.4 is 0 Å². The molecule has 140 valence electrons. The van der Waals surface area contributed by atoms with Crippen molar-refractivity contribution in [3.8, 4) is 0 Å². The number of hydrogen-bond donors (Lipinski definition) is 2. The van der Waals surface area contributed by atoms with E-state index in [1.54, 1.807) is 13.8 Å². The summed E-state index contributed by atoms with van der Waals surface area (Å²) in [5.74, 6) is -1.85. The van der Waals surface area contributed by atoms with E-state index in [9.17, 15) is 19.5 Å². The van der Waals surface area contributed by atoms with Crippen molar-refractivity contribution in [2.45, 2.75) is 44.6 Å². The molecule has 0 aromatic heterocycles. The van der Waals surface area contributed by atoms with Crippen LogP contribution in [0.15, 0.2) is 24.3 Å². The Balaban J connectivity index is 2.01. The predicted octanol–water partition coefficient (Wildman–Crippen LogP) is 1.38. The molecule has 8 nitrogen and oxygen atoms in total. The summed E-state index contributed by atoms with van der Waals surface area (Å²) in [6.45, 7) is 4.06. The summed E-state index contributed by atoms with van der Waals surface area (Å²) in [6, 6.07) is 4.33. The van der Waals surface area contributed by atoms with Gasteiger partial charge in [-0.3, -0.25) is 14.6 Å². The maximum atomic E-state index is 12.9. The first-order chi connectivity index (χ1) is 12.3. The lowest BCUT2D eigenvalue weighted by Crippen LogP contribution is -2.49. The molecule has 2 saturated heterocycles. The van der Waals surface area contributed by atoms with E-state index in [0.29, 0.717) is 6.61 Å². The molecule has 2 unspecified atom stereocenters. The molecule has 2 aliphatic rings. The maximum absolute atomic E-state index is 12.9. The van der Waals surface area contributed by atoms with Gasteiger partial charge < -0.3 is 14.9 Å². The zero-order valence-electron chi connectivity index (χ0n) is 14.7. The highest BCUT2D eigenvalue weighted by Gasteiger charge is 2.58. The number of rotatable bonds is 5. The third kappa shape index (κ3) is 2.85. The minimum absolute atomic E-state index is 0.0283. The van der Waals surface area contributed by atoms with Crippen LogP contribution in [-0.4, -0.2) is 63.2 Å². The number of imide groups is 1. The zero-order valence-corrected chi connectivity index (χ0v) is 14.7. The van der Waals surface area contributed by atoms with Crippen LogP contribution in [0.4, 0.5) is 4.79 Å². The number of benzene rings is 1. The van der Waals surface area contributed by atoms with Crippen molar-refractivity contribution < 1.29 is 29.3 Å². The molecule has 3 rings (SSSR count). The first-order valence-electron chi connectivity index (χ1n) is 8.60. The lowest BCUT2D eigenvalue weighted by molar-refractivity contribution is -0.157. The van der Waals surface area contributed by atoms with E-state index < -0.39 is 29.7 Å². The van der Waals surface area contributed by atoms with Crippen LogP contribution in [0.3, 0.4) is 0 Å². The first kappa shape index (κ1) is 18.3. The average Bonchev–Trinajstić information content (AvgIpc) is 3.17. The Hall–Kier alpha value is -2.45. The van der Waals surface area contributed by atoms with Gasteiger partial charge in [-0.1, -0.05) is 12.1 Å². The Morgan fingerprint density at radius 3 is 2.46 bits per heavy atom. The molecule has 26 heavy (non-hydrogen) atoms. The van der Waals surface area contributed by atoms with Crippen LogP contribution in [0.5, 0.6) is 0 Å². The van der Waals surface area contributed by atoms with E-state index in [-0.39, 0.29) is 23.8 Å². The Kier molecular flexibility index (Phi) is 4.72. The van der Waals surface area contributed by atoms with Crippen LogP contribution in [-0.2, 0) is 15.3 Å². The second kappa shape index (κ2) is 6.69. The highest BCUT2D eigenvalue weighted by molar-refractivity contribution is 6.06. The van der Waals surface area contributed by atoms with Crippen molar-refractivity contribution in [1.29, 1.82) is 0 Å². The Bertz CT molecular complexity index is 726. The van der Waals surface area contributed by atoms with E-state index in [4.69, 9.17) is 9.84 Å². The number of carboxylic acid groups (broad SMARTS) is 1. The number of carbonyl (C=O) groups is 3.